The molecule has 0 aliphatic heterocycles. The summed E-state index contributed by atoms with van der Waals surface area (Å²) in [4.78, 5) is 12.5. The van der Waals surface area contributed by atoms with E-state index in [1.54, 1.807) is 16.8 Å². The molecule has 0 bridgehead atoms. The highest BCUT2D eigenvalue weighted by atomic mass is 16.6. The van der Waals surface area contributed by atoms with Crippen LogP contribution in [0.2, 0.25) is 0 Å². The Morgan fingerprint density at radius 2 is 2.00 bits per heavy atom. The summed E-state index contributed by atoms with van der Waals surface area (Å²) in [5.41, 5.74) is 1.68. The molecule has 0 amide bonds. The summed E-state index contributed by atoms with van der Waals surface area (Å²) in [5, 5.41) is 19.7. The number of carbonyl (C=O) groups excluding carboxylic acids is 1. The van der Waals surface area contributed by atoms with E-state index < -0.39 is 17.8 Å². The van der Waals surface area contributed by atoms with Gasteiger partial charge in [-0.1, -0.05) is 6.07 Å². The monoisotopic (exact) mass is 414 g/mol. The Morgan fingerprint density at radius 3 is 2.67 bits per heavy atom. The van der Waals surface area contributed by atoms with Crippen molar-refractivity contribution in [2.24, 2.45) is 7.05 Å². The van der Waals surface area contributed by atoms with Crippen molar-refractivity contribution in [3.8, 4) is 5.75 Å². The number of carbonyl (C=O) groups is 1. The first kappa shape index (κ1) is 21.8. The highest BCUT2D eigenvalue weighted by Crippen LogP contribution is 2.29. The van der Waals surface area contributed by atoms with E-state index in [0.29, 0.717) is 23.4 Å². The second-order valence-corrected chi connectivity index (χ2v) is 8.47. The van der Waals surface area contributed by atoms with Crippen LogP contribution in [0.5, 0.6) is 5.75 Å². The summed E-state index contributed by atoms with van der Waals surface area (Å²) in [7, 11) is 1.89. The minimum absolute atomic E-state index is 0.165. The zero-order valence-corrected chi connectivity index (χ0v) is 18.3. The van der Waals surface area contributed by atoms with Crippen LogP contribution in [0.3, 0.4) is 0 Å². The molecule has 0 spiro atoms. The Labute approximate surface area is 176 Å². The van der Waals surface area contributed by atoms with E-state index in [0.717, 1.165) is 23.9 Å². The number of benzene rings is 1. The van der Waals surface area contributed by atoms with Gasteiger partial charge in [-0.3, -0.25) is 4.68 Å². The van der Waals surface area contributed by atoms with Crippen LogP contribution in [0.1, 0.15) is 45.0 Å². The molecule has 3 rings (SSSR count). The molecule has 0 aliphatic rings. The molecule has 0 radical (unpaired) electrons. The number of fused-ring (bicyclic) bond motifs is 1. The maximum atomic E-state index is 12.5. The Bertz CT molecular complexity index is 1020. The molecule has 3 aromatic rings. The van der Waals surface area contributed by atoms with E-state index in [9.17, 15) is 9.90 Å². The van der Waals surface area contributed by atoms with Crippen molar-refractivity contribution in [1.82, 2.24) is 19.6 Å². The molecule has 1 N–H and O–H groups in total. The van der Waals surface area contributed by atoms with Crippen LogP contribution >= 0.6 is 0 Å². The second kappa shape index (κ2) is 8.87. The van der Waals surface area contributed by atoms with Gasteiger partial charge in [-0.15, -0.1) is 0 Å². The van der Waals surface area contributed by atoms with E-state index >= 15 is 0 Å². The molecule has 0 unspecified atom stereocenters. The number of nitrogens with zero attached hydrogens (tertiary/aromatic N) is 4. The average molecular weight is 415 g/mol. The molecule has 0 saturated heterocycles. The van der Waals surface area contributed by atoms with Crippen molar-refractivity contribution in [2.75, 3.05) is 6.61 Å². The number of aromatic nitrogens is 4. The maximum Gasteiger partial charge on any atom is 0.435 e. The van der Waals surface area contributed by atoms with Gasteiger partial charge < -0.3 is 14.6 Å². The third-order valence-corrected chi connectivity index (χ3v) is 4.58. The topological polar surface area (TPSA) is 91.4 Å². The lowest BCUT2D eigenvalue weighted by Gasteiger charge is -2.19. The zero-order valence-electron chi connectivity index (χ0n) is 18.3. The van der Waals surface area contributed by atoms with E-state index in [2.05, 4.69) is 10.2 Å². The van der Waals surface area contributed by atoms with E-state index in [1.807, 2.05) is 53.1 Å². The van der Waals surface area contributed by atoms with E-state index in [4.69, 9.17) is 9.47 Å². The zero-order chi connectivity index (χ0) is 21.9. The van der Waals surface area contributed by atoms with Crippen LogP contribution in [0.25, 0.3) is 10.9 Å². The summed E-state index contributed by atoms with van der Waals surface area (Å²) in [6.45, 7) is 7.42. The molecule has 0 fully saturated rings. The molecule has 0 aliphatic carbocycles. The standard InChI is InChI=1S/C22H30N4O4/c1-15-20-18(26(23-15)21(28)30-22(2,3)4)10-7-11-19(20)29-14-17(27)9-6-8-16-12-13-25(5)24-16/h7,10-13,17,27H,6,8-9,14H2,1-5H3/t17-/m0/s1. The Kier molecular flexibility index (Phi) is 6.45. The van der Waals surface area contributed by atoms with Gasteiger partial charge in [0, 0.05) is 13.2 Å². The first-order valence-corrected chi connectivity index (χ1v) is 10.1. The average Bonchev–Trinajstić information content (AvgIpc) is 3.22. The van der Waals surface area contributed by atoms with Crippen LogP contribution in [-0.4, -0.2) is 49.1 Å². The summed E-state index contributed by atoms with van der Waals surface area (Å²) in [6, 6.07) is 7.40. The van der Waals surface area contributed by atoms with E-state index in [1.165, 1.54) is 4.68 Å². The van der Waals surface area contributed by atoms with Crippen LogP contribution < -0.4 is 4.74 Å². The first-order chi connectivity index (χ1) is 14.1. The summed E-state index contributed by atoms with van der Waals surface area (Å²) in [5.74, 6) is 0.587. The lowest BCUT2D eigenvalue weighted by Crippen LogP contribution is -2.27. The summed E-state index contributed by atoms with van der Waals surface area (Å²) in [6.07, 6.45) is 3.03. The lowest BCUT2D eigenvalue weighted by atomic mass is 10.1. The summed E-state index contributed by atoms with van der Waals surface area (Å²) < 4.78 is 14.4. The molecule has 162 valence electrons. The Balaban J connectivity index is 1.64. The molecule has 8 heteroatoms. The SMILES string of the molecule is Cc1nn(C(=O)OC(C)(C)C)c2cccc(OC[C@@H](O)CCCc3ccn(C)n3)c12. The van der Waals surface area contributed by atoms with Crippen LogP contribution in [0, 0.1) is 6.92 Å². The number of ether oxygens (including phenoxy) is 2. The van der Waals surface area contributed by atoms with Crippen LogP contribution in [0.4, 0.5) is 4.79 Å². The van der Waals surface area contributed by atoms with Gasteiger partial charge in [-0.05, 0) is 65.2 Å². The number of aliphatic hydroxyl groups is 1. The van der Waals surface area contributed by atoms with Gasteiger partial charge in [-0.25, -0.2) is 4.79 Å². The first-order valence-electron chi connectivity index (χ1n) is 10.1. The fraction of sp³-hybridized carbons (Fsp3) is 0.500. The molecule has 0 saturated carbocycles. The number of hydrogen-bond acceptors (Lipinski definition) is 6. The van der Waals surface area contributed by atoms with Crippen molar-refractivity contribution < 1.29 is 19.4 Å². The van der Waals surface area contributed by atoms with Crippen molar-refractivity contribution in [3.05, 3.63) is 41.9 Å². The number of aryl methyl sites for hydroxylation is 3. The lowest BCUT2D eigenvalue weighted by molar-refractivity contribution is 0.0522. The number of rotatable bonds is 7. The highest BCUT2D eigenvalue weighted by Gasteiger charge is 2.22. The van der Waals surface area contributed by atoms with Crippen LogP contribution in [0.15, 0.2) is 30.5 Å². The third kappa shape index (κ3) is 5.38. The van der Waals surface area contributed by atoms with Gasteiger partial charge in [-0.2, -0.15) is 14.9 Å². The largest absolute Gasteiger partial charge is 0.490 e. The van der Waals surface area contributed by atoms with Gasteiger partial charge in [0.15, 0.2) is 0 Å². The Hall–Kier alpha value is -2.87. The fourth-order valence-electron chi connectivity index (χ4n) is 3.26. The van der Waals surface area contributed by atoms with Crippen LogP contribution in [-0.2, 0) is 18.2 Å². The molecular weight excluding hydrogens is 384 g/mol. The predicted molar refractivity (Wildman–Crippen MR) is 114 cm³/mol. The molecule has 8 nitrogen and oxygen atoms in total. The number of hydrogen-bond donors (Lipinski definition) is 1. The smallest absolute Gasteiger partial charge is 0.435 e. The van der Waals surface area contributed by atoms with Gasteiger partial charge in [0.25, 0.3) is 0 Å². The van der Waals surface area contributed by atoms with Crippen molar-refractivity contribution in [2.45, 2.75) is 58.7 Å². The normalized spacial score (nSPS) is 12.9. The fourth-order valence-corrected chi connectivity index (χ4v) is 3.26. The highest BCUT2D eigenvalue weighted by molar-refractivity contribution is 5.93. The molecule has 1 atom stereocenters. The minimum atomic E-state index is -0.614. The van der Waals surface area contributed by atoms with Gasteiger partial charge in [0.05, 0.1) is 28.4 Å². The second-order valence-electron chi connectivity index (χ2n) is 8.47. The quantitative estimate of drug-likeness (QED) is 0.635. The van der Waals surface area contributed by atoms with Gasteiger partial charge in [0.2, 0.25) is 0 Å². The molecule has 30 heavy (non-hydrogen) atoms. The Morgan fingerprint density at radius 1 is 1.23 bits per heavy atom. The maximum absolute atomic E-state index is 12.5. The minimum Gasteiger partial charge on any atom is -0.490 e. The van der Waals surface area contributed by atoms with Crippen molar-refractivity contribution >= 4 is 17.0 Å². The molecule has 1 aromatic carbocycles. The van der Waals surface area contributed by atoms with Gasteiger partial charge >= 0.3 is 6.09 Å². The van der Waals surface area contributed by atoms with E-state index in [-0.39, 0.29) is 6.61 Å². The molecule has 2 heterocycles. The molecular formula is C22H30N4O4. The van der Waals surface area contributed by atoms with Gasteiger partial charge in [0.1, 0.15) is 18.0 Å². The number of aliphatic hydroxyl groups excluding tert-OH is 1. The predicted octanol–water partition coefficient (Wildman–Crippen LogP) is 3.62. The third-order valence-electron chi connectivity index (χ3n) is 4.58. The van der Waals surface area contributed by atoms with Crippen molar-refractivity contribution in [3.63, 3.8) is 0 Å². The molecule has 2 aromatic heterocycles. The van der Waals surface area contributed by atoms with Crippen molar-refractivity contribution in [1.29, 1.82) is 0 Å². The summed E-state index contributed by atoms with van der Waals surface area (Å²) >= 11 is 0.